The van der Waals surface area contributed by atoms with Crippen molar-refractivity contribution in [2.24, 2.45) is 0 Å². The zero-order chi connectivity index (χ0) is 12.3. The van der Waals surface area contributed by atoms with Crippen LogP contribution in [0, 0.1) is 6.92 Å². The Balaban J connectivity index is 2.24. The molecule has 0 saturated carbocycles. The first-order valence-corrected chi connectivity index (χ1v) is 6.48. The van der Waals surface area contributed by atoms with Gasteiger partial charge in [-0.15, -0.1) is 11.3 Å². The number of aromatic nitrogens is 1. The first kappa shape index (κ1) is 12.1. The molecule has 0 fully saturated rings. The van der Waals surface area contributed by atoms with E-state index in [1.165, 1.54) is 4.88 Å². The summed E-state index contributed by atoms with van der Waals surface area (Å²) in [7, 11) is 0. The molecule has 1 aromatic carbocycles. The average molecular weight is 248 g/mol. The van der Waals surface area contributed by atoms with Gasteiger partial charge in [0.15, 0.2) is 0 Å². The molecular weight excluding hydrogens is 232 g/mol. The topological polar surface area (TPSA) is 45.1 Å². The van der Waals surface area contributed by atoms with Gasteiger partial charge in [-0.1, -0.05) is 6.92 Å². The Labute approximate surface area is 105 Å². The third-order valence-corrected chi connectivity index (χ3v) is 3.75. The van der Waals surface area contributed by atoms with Crippen molar-refractivity contribution in [1.82, 2.24) is 10.3 Å². The minimum absolute atomic E-state index is 0.287. The summed E-state index contributed by atoms with van der Waals surface area (Å²) in [5, 5.41) is 13.6. The molecule has 90 valence electrons. The second-order valence-electron chi connectivity index (χ2n) is 3.85. The third-order valence-electron chi connectivity index (χ3n) is 2.54. The van der Waals surface area contributed by atoms with E-state index in [4.69, 9.17) is 0 Å². The van der Waals surface area contributed by atoms with E-state index in [1.54, 1.807) is 23.5 Å². The van der Waals surface area contributed by atoms with Crippen molar-refractivity contribution in [2.75, 3.05) is 6.54 Å². The first-order valence-electron chi connectivity index (χ1n) is 5.67. The van der Waals surface area contributed by atoms with E-state index in [9.17, 15) is 5.11 Å². The van der Waals surface area contributed by atoms with E-state index in [-0.39, 0.29) is 5.75 Å². The van der Waals surface area contributed by atoms with Gasteiger partial charge in [-0.25, -0.2) is 4.98 Å². The molecule has 3 nitrogen and oxygen atoms in total. The zero-order valence-corrected chi connectivity index (χ0v) is 10.8. The minimum atomic E-state index is 0.287. The molecule has 0 radical (unpaired) electrons. The highest BCUT2D eigenvalue weighted by molar-refractivity contribution is 7.15. The molecule has 2 aromatic rings. The van der Waals surface area contributed by atoms with Crippen molar-refractivity contribution >= 4 is 11.3 Å². The molecule has 17 heavy (non-hydrogen) atoms. The van der Waals surface area contributed by atoms with Gasteiger partial charge in [0.25, 0.3) is 0 Å². The molecule has 2 N–H and O–H groups in total. The summed E-state index contributed by atoms with van der Waals surface area (Å²) in [6.45, 7) is 5.97. The number of aromatic hydroxyl groups is 1. The molecule has 2 rings (SSSR count). The highest BCUT2D eigenvalue weighted by atomic mass is 32.1. The molecule has 0 unspecified atom stereocenters. The Hall–Kier alpha value is -1.39. The van der Waals surface area contributed by atoms with Crippen molar-refractivity contribution in [1.29, 1.82) is 0 Å². The Morgan fingerprint density at radius 3 is 2.65 bits per heavy atom. The Kier molecular flexibility index (Phi) is 3.76. The van der Waals surface area contributed by atoms with Crippen LogP contribution < -0.4 is 5.32 Å². The maximum Gasteiger partial charge on any atom is 0.123 e. The number of thiazole rings is 1. The van der Waals surface area contributed by atoms with E-state index in [1.807, 2.05) is 19.1 Å². The van der Waals surface area contributed by atoms with Crippen LogP contribution in [0.25, 0.3) is 10.6 Å². The highest BCUT2D eigenvalue weighted by Crippen LogP contribution is 2.28. The fourth-order valence-corrected chi connectivity index (χ4v) is 2.60. The standard InChI is InChI=1S/C13H16N2OS/c1-3-14-8-12-9(2)15-13(17-12)10-4-6-11(16)7-5-10/h4-7,14,16H,3,8H2,1-2H3. The van der Waals surface area contributed by atoms with Crippen LogP contribution in [0.4, 0.5) is 0 Å². The van der Waals surface area contributed by atoms with Gasteiger partial charge >= 0.3 is 0 Å². The van der Waals surface area contributed by atoms with Gasteiger partial charge in [0.05, 0.1) is 5.69 Å². The van der Waals surface area contributed by atoms with E-state index < -0.39 is 0 Å². The number of benzene rings is 1. The second kappa shape index (κ2) is 5.29. The maximum absolute atomic E-state index is 9.25. The fourth-order valence-electron chi connectivity index (χ4n) is 1.56. The van der Waals surface area contributed by atoms with E-state index in [0.29, 0.717) is 0 Å². The van der Waals surface area contributed by atoms with E-state index in [2.05, 4.69) is 17.2 Å². The first-order chi connectivity index (χ1) is 8.20. The van der Waals surface area contributed by atoms with Gasteiger partial charge in [0.1, 0.15) is 10.8 Å². The predicted octanol–water partition coefficient (Wildman–Crippen LogP) is 2.93. The lowest BCUT2D eigenvalue weighted by molar-refractivity contribution is 0.475. The second-order valence-corrected chi connectivity index (χ2v) is 4.94. The smallest absolute Gasteiger partial charge is 0.123 e. The lowest BCUT2D eigenvalue weighted by Gasteiger charge is -1.97. The van der Waals surface area contributed by atoms with Crippen molar-refractivity contribution in [3.05, 3.63) is 34.8 Å². The van der Waals surface area contributed by atoms with Crippen LogP contribution in [-0.2, 0) is 6.54 Å². The minimum Gasteiger partial charge on any atom is -0.508 e. The van der Waals surface area contributed by atoms with E-state index in [0.717, 1.165) is 29.4 Å². The maximum atomic E-state index is 9.25. The number of aryl methyl sites for hydroxylation is 1. The molecule has 0 saturated heterocycles. The summed E-state index contributed by atoms with van der Waals surface area (Å²) in [5.74, 6) is 0.287. The number of phenolic OH excluding ortho intramolecular Hbond substituents is 1. The number of hydrogen-bond donors (Lipinski definition) is 2. The lowest BCUT2D eigenvalue weighted by Crippen LogP contribution is -2.11. The molecule has 1 heterocycles. The van der Waals surface area contributed by atoms with Gasteiger partial charge < -0.3 is 10.4 Å². The summed E-state index contributed by atoms with van der Waals surface area (Å²) in [6.07, 6.45) is 0. The number of rotatable bonds is 4. The quantitative estimate of drug-likeness (QED) is 0.874. The molecule has 0 bridgehead atoms. The number of phenols is 1. The van der Waals surface area contributed by atoms with Gasteiger partial charge in [0, 0.05) is 17.0 Å². The van der Waals surface area contributed by atoms with Crippen LogP contribution in [0.15, 0.2) is 24.3 Å². The molecule has 1 aromatic heterocycles. The zero-order valence-electron chi connectivity index (χ0n) is 10.0. The molecule has 0 spiro atoms. The summed E-state index contributed by atoms with van der Waals surface area (Å²) < 4.78 is 0. The van der Waals surface area contributed by atoms with Crippen molar-refractivity contribution < 1.29 is 5.11 Å². The number of hydrogen-bond acceptors (Lipinski definition) is 4. The van der Waals surface area contributed by atoms with Crippen LogP contribution in [-0.4, -0.2) is 16.6 Å². The van der Waals surface area contributed by atoms with Crippen LogP contribution in [0.3, 0.4) is 0 Å². The fraction of sp³-hybridized carbons (Fsp3) is 0.308. The molecule has 0 aliphatic rings. The molecule has 0 aliphatic carbocycles. The van der Waals surface area contributed by atoms with Crippen molar-refractivity contribution in [3.63, 3.8) is 0 Å². The van der Waals surface area contributed by atoms with Gasteiger partial charge in [-0.3, -0.25) is 0 Å². The largest absolute Gasteiger partial charge is 0.508 e. The van der Waals surface area contributed by atoms with Crippen molar-refractivity contribution in [3.8, 4) is 16.3 Å². The number of nitrogens with one attached hydrogen (secondary N) is 1. The van der Waals surface area contributed by atoms with Crippen LogP contribution >= 0.6 is 11.3 Å². The summed E-state index contributed by atoms with van der Waals surface area (Å²) in [6, 6.07) is 7.17. The number of nitrogens with zero attached hydrogens (tertiary/aromatic N) is 1. The third kappa shape index (κ3) is 2.84. The monoisotopic (exact) mass is 248 g/mol. The van der Waals surface area contributed by atoms with Gasteiger partial charge in [-0.2, -0.15) is 0 Å². The van der Waals surface area contributed by atoms with Gasteiger partial charge in [-0.05, 0) is 37.7 Å². The summed E-state index contributed by atoms with van der Waals surface area (Å²) >= 11 is 1.70. The lowest BCUT2D eigenvalue weighted by atomic mass is 10.2. The van der Waals surface area contributed by atoms with E-state index >= 15 is 0 Å². The molecule has 0 aliphatic heterocycles. The van der Waals surface area contributed by atoms with Crippen LogP contribution in [0.5, 0.6) is 5.75 Å². The van der Waals surface area contributed by atoms with Crippen molar-refractivity contribution in [2.45, 2.75) is 20.4 Å². The highest BCUT2D eigenvalue weighted by Gasteiger charge is 2.08. The SMILES string of the molecule is CCNCc1sc(-c2ccc(O)cc2)nc1C. The summed E-state index contributed by atoms with van der Waals surface area (Å²) in [4.78, 5) is 5.83. The Morgan fingerprint density at radius 1 is 1.29 bits per heavy atom. The Bertz CT molecular complexity index is 491. The van der Waals surface area contributed by atoms with Crippen LogP contribution in [0.1, 0.15) is 17.5 Å². The average Bonchev–Trinajstić information content (AvgIpc) is 2.69. The Morgan fingerprint density at radius 2 is 2.00 bits per heavy atom. The molecule has 4 heteroatoms. The normalized spacial score (nSPS) is 10.7. The molecular formula is C13H16N2OS. The summed E-state index contributed by atoms with van der Waals surface area (Å²) in [5.41, 5.74) is 2.14. The molecule has 0 atom stereocenters. The van der Waals surface area contributed by atoms with Crippen LogP contribution in [0.2, 0.25) is 0 Å². The van der Waals surface area contributed by atoms with Gasteiger partial charge in [0.2, 0.25) is 0 Å². The predicted molar refractivity (Wildman–Crippen MR) is 71.3 cm³/mol. The molecule has 0 amide bonds.